The van der Waals surface area contributed by atoms with Crippen LogP contribution in [0.2, 0.25) is 0 Å². The molecule has 0 saturated heterocycles. The predicted octanol–water partition coefficient (Wildman–Crippen LogP) is 3.56. The molecule has 1 aromatic rings. The molecule has 0 atom stereocenters. The summed E-state index contributed by atoms with van der Waals surface area (Å²) in [6.45, 7) is 2.14. The summed E-state index contributed by atoms with van der Waals surface area (Å²) in [5.41, 5.74) is 1.27. The smallest absolute Gasteiger partial charge is 0.161 e. The van der Waals surface area contributed by atoms with E-state index in [0.29, 0.717) is 10.9 Å². The van der Waals surface area contributed by atoms with Crippen LogP contribution in [0.3, 0.4) is 0 Å². The van der Waals surface area contributed by atoms with Crippen LogP contribution in [-0.2, 0) is 6.42 Å². The summed E-state index contributed by atoms with van der Waals surface area (Å²) in [4.78, 5) is 0.624. The minimum atomic E-state index is 0.339. The topological polar surface area (TPSA) is 18.5 Å². The SMILES string of the molecule is CCc1ccc(OC2CC(Br)C2)c(OC)c1. The lowest BCUT2D eigenvalue weighted by atomic mass is 9.96. The van der Waals surface area contributed by atoms with Crippen molar-refractivity contribution in [1.82, 2.24) is 0 Å². The standard InChI is InChI=1S/C13H17BrO2/c1-3-9-4-5-12(13(6-9)15-2)16-11-7-10(14)8-11/h4-6,10-11H,3,7-8H2,1-2H3. The van der Waals surface area contributed by atoms with Crippen molar-refractivity contribution in [1.29, 1.82) is 0 Å². The first-order valence-electron chi connectivity index (χ1n) is 5.70. The highest BCUT2D eigenvalue weighted by Gasteiger charge is 2.29. The van der Waals surface area contributed by atoms with Crippen molar-refractivity contribution >= 4 is 15.9 Å². The number of rotatable bonds is 4. The van der Waals surface area contributed by atoms with Gasteiger partial charge in [-0.2, -0.15) is 0 Å². The van der Waals surface area contributed by atoms with Crippen molar-refractivity contribution in [2.45, 2.75) is 37.1 Å². The van der Waals surface area contributed by atoms with E-state index >= 15 is 0 Å². The Balaban J connectivity index is 2.07. The summed E-state index contributed by atoms with van der Waals surface area (Å²) in [6, 6.07) is 6.17. The lowest BCUT2D eigenvalue weighted by Crippen LogP contribution is -2.34. The van der Waals surface area contributed by atoms with Gasteiger partial charge in [0.1, 0.15) is 6.10 Å². The van der Waals surface area contributed by atoms with Crippen LogP contribution in [0.4, 0.5) is 0 Å². The molecule has 16 heavy (non-hydrogen) atoms. The second kappa shape index (κ2) is 5.09. The normalized spacial score (nSPS) is 23.7. The molecule has 1 aromatic carbocycles. The zero-order valence-electron chi connectivity index (χ0n) is 9.70. The second-order valence-corrected chi connectivity index (χ2v) is 5.44. The summed E-state index contributed by atoms with van der Waals surface area (Å²) in [6.07, 6.45) is 3.52. The fourth-order valence-electron chi connectivity index (χ4n) is 1.81. The van der Waals surface area contributed by atoms with Gasteiger partial charge in [0.2, 0.25) is 0 Å². The Hall–Kier alpha value is -0.700. The number of benzene rings is 1. The Morgan fingerprint density at radius 2 is 2.06 bits per heavy atom. The molecule has 1 aliphatic rings. The Bertz CT molecular complexity index is 359. The first-order chi connectivity index (χ1) is 7.72. The van der Waals surface area contributed by atoms with Gasteiger partial charge in [-0.15, -0.1) is 0 Å². The van der Waals surface area contributed by atoms with E-state index < -0.39 is 0 Å². The van der Waals surface area contributed by atoms with Crippen molar-refractivity contribution in [3.63, 3.8) is 0 Å². The molecule has 3 heteroatoms. The number of halogens is 1. The third-order valence-corrected chi connectivity index (χ3v) is 3.71. The highest BCUT2D eigenvalue weighted by molar-refractivity contribution is 9.09. The van der Waals surface area contributed by atoms with Crippen LogP contribution in [-0.4, -0.2) is 18.0 Å². The van der Waals surface area contributed by atoms with Crippen molar-refractivity contribution < 1.29 is 9.47 Å². The van der Waals surface area contributed by atoms with Crippen molar-refractivity contribution in [3.05, 3.63) is 23.8 Å². The lowest BCUT2D eigenvalue weighted by molar-refractivity contribution is 0.123. The third kappa shape index (κ3) is 2.51. The Morgan fingerprint density at radius 1 is 1.31 bits per heavy atom. The van der Waals surface area contributed by atoms with Gasteiger partial charge < -0.3 is 9.47 Å². The lowest BCUT2D eigenvalue weighted by Gasteiger charge is -2.32. The van der Waals surface area contributed by atoms with Crippen molar-refractivity contribution in [3.8, 4) is 11.5 Å². The van der Waals surface area contributed by atoms with Crippen LogP contribution in [0.5, 0.6) is 11.5 Å². The van der Waals surface area contributed by atoms with E-state index in [1.54, 1.807) is 7.11 Å². The molecule has 0 spiro atoms. The molecular weight excluding hydrogens is 268 g/mol. The summed E-state index contributed by atoms with van der Waals surface area (Å²) >= 11 is 3.56. The Kier molecular flexibility index (Phi) is 3.74. The fourth-order valence-corrected chi connectivity index (χ4v) is 2.64. The number of alkyl halides is 1. The largest absolute Gasteiger partial charge is 0.493 e. The molecule has 2 nitrogen and oxygen atoms in total. The van der Waals surface area contributed by atoms with E-state index in [-0.39, 0.29) is 0 Å². The van der Waals surface area contributed by atoms with E-state index in [0.717, 1.165) is 30.8 Å². The number of aryl methyl sites for hydroxylation is 1. The Morgan fingerprint density at radius 3 is 2.62 bits per heavy atom. The van der Waals surface area contributed by atoms with Gasteiger partial charge in [-0.3, -0.25) is 0 Å². The van der Waals surface area contributed by atoms with Crippen LogP contribution in [0, 0.1) is 0 Å². The van der Waals surface area contributed by atoms with E-state index in [1.807, 2.05) is 6.07 Å². The van der Waals surface area contributed by atoms with Crippen LogP contribution in [0.1, 0.15) is 25.3 Å². The summed E-state index contributed by atoms with van der Waals surface area (Å²) < 4.78 is 11.2. The van der Waals surface area contributed by atoms with Gasteiger partial charge in [0.25, 0.3) is 0 Å². The molecule has 2 rings (SSSR count). The molecule has 0 aromatic heterocycles. The molecule has 1 fully saturated rings. The molecule has 0 radical (unpaired) electrons. The van der Waals surface area contributed by atoms with Crippen LogP contribution in [0.15, 0.2) is 18.2 Å². The van der Waals surface area contributed by atoms with Crippen molar-refractivity contribution in [2.24, 2.45) is 0 Å². The van der Waals surface area contributed by atoms with Crippen LogP contribution >= 0.6 is 15.9 Å². The van der Waals surface area contributed by atoms with E-state index in [2.05, 4.69) is 35.0 Å². The average molecular weight is 285 g/mol. The molecule has 1 aliphatic carbocycles. The third-order valence-electron chi connectivity index (χ3n) is 2.97. The van der Waals surface area contributed by atoms with Gasteiger partial charge >= 0.3 is 0 Å². The fraction of sp³-hybridized carbons (Fsp3) is 0.538. The highest BCUT2D eigenvalue weighted by atomic mass is 79.9. The number of hydrogen-bond donors (Lipinski definition) is 0. The molecule has 88 valence electrons. The summed E-state index contributed by atoms with van der Waals surface area (Å²) in [7, 11) is 1.69. The minimum absolute atomic E-state index is 0.339. The summed E-state index contributed by atoms with van der Waals surface area (Å²) in [5, 5.41) is 0. The maximum absolute atomic E-state index is 5.89. The molecular formula is C13H17BrO2. The van der Waals surface area contributed by atoms with E-state index in [4.69, 9.17) is 9.47 Å². The zero-order chi connectivity index (χ0) is 11.5. The van der Waals surface area contributed by atoms with Crippen molar-refractivity contribution in [2.75, 3.05) is 7.11 Å². The first kappa shape index (κ1) is 11.8. The van der Waals surface area contributed by atoms with Gasteiger partial charge in [0, 0.05) is 4.83 Å². The average Bonchev–Trinajstić information content (AvgIpc) is 2.27. The van der Waals surface area contributed by atoms with Crippen LogP contribution in [0.25, 0.3) is 0 Å². The van der Waals surface area contributed by atoms with Gasteiger partial charge in [0.15, 0.2) is 11.5 Å². The van der Waals surface area contributed by atoms with E-state index in [1.165, 1.54) is 5.56 Å². The van der Waals surface area contributed by atoms with Crippen LogP contribution < -0.4 is 9.47 Å². The quantitative estimate of drug-likeness (QED) is 0.787. The monoisotopic (exact) mass is 284 g/mol. The van der Waals surface area contributed by atoms with Gasteiger partial charge in [-0.05, 0) is 37.0 Å². The number of methoxy groups -OCH3 is 1. The molecule has 0 bridgehead atoms. The van der Waals surface area contributed by atoms with Gasteiger partial charge in [0.05, 0.1) is 7.11 Å². The maximum Gasteiger partial charge on any atom is 0.161 e. The predicted molar refractivity (Wildman–Crippen MR) is 68.7 cm³/mol. The molecule has 0 heterocycles. The second-order valence-electron chi connectivity index (χ2n) is 4.15. The number of ether oxygens (including phenoxy) is 2. The minimum Gasteiger partial charge on any atom is -0.493 e. The Labute approximate surface area is 105 Å². The molecule has 0 unspecified atom stereocenters. The van der Waals surface area contributed by atoms with E-state index in [9.17, 15) is 0 Å². The number of hydrogen-bond acceptors (Lipinski definition) is 2. The first-order valence-corrected chi connectivity index (χ1v) is 6.62. The molecule has 0 aliphatic heterocycles. The van der Waals surface area contributed by atoms with Gasteiger partial charge in [-0.25, -0.2) is 0 Å². The molecule has 0 N–H and O–H groups in total. The molecule has 0 amide bonds. The molecule has 1 saturated carbocycles. The summed E-state index contributed by atoms with van der Waals surface area (Å²) in [5.74, 6) is 1.71. The maximum atomic E-state index is 5.89. The zero-order valence-corrected chi connectivity index (χ0v) is 11.3. The highest BCUT2D eigenvalue weighted by Crippen LogP contribution is 2.35. The van der Waals surface area contributed by atoms with Gasteiger partial charge in [-0.1, -0.05) is 28.9 Å².